The zero-order valence-electron chi connectivity index (χ0n) is 13.1. The Labute approximate surface area is 143 Å². The maximum absolute atomic E-state index is 12.6. The monoisotopic (exact) mass is 350 g/mol. The lowest BCUT2D eigenvalue weighted by molar-refractivity contribution is -0.159. The van der Waals surface area contributed by atoms with Gasteiger partial charge in [-0.05, 0) is 5.56 Å². The third kappa shape index (κ3) is 4.35. The summed E-state index contributed by atoms with van der Waals surface area (Å²) in [6.45, 7) is 1.41. The van der Waals surface area contributed by atoms with Crippen molar-refractivity contribution in [2.45, 2.75) is 32.0 Å². The van der Waals surface area contributed by atoms with Crippen LogP contribution in [0.15, 0.2) is 30.3 Å². The highest BCUT2D eigenvalue weighted by Crippen LogP contribution is 2.27. The van der Waals surface area contributed by atoms with Crippen LogP contribution in [-0.4, -0.2) is 44.7 Å². The van der Waals surface area contributed by atoms with E-state index >= 15 is 0 Å². The number of amides is 2. The molecular weight excluding hydrogens is 332 g/mol. The predicted molar refractivity (Wildman–Crippen MR) is 88.0 cm³/mol. The average Bonchev–Trinajstić information content (AvgIpc) is 2.54. The van der Waals surface area contributed by atoms with Crippen LogP contribution in [0.4, 0.5) is 0 Å². The van der Waals surface area contributed by atoms with E-state index in [0.717, 1.165) is 11.8 Å². The molecule has 24 heavy (non-hydrogen) atoms. The molecule has 1 aliphatic rings. The fourth-order valence-corrected chi connectivity index (χ4v) is 3.11. The summed E-state index contributed by atoms with van der Waals surface area (Å²) in [5, 5.41) is 12.0. The SMILES string of the molecule is CC(=O)SCCC(=O)N1[C@@H](c2ccccc2)NC(=O)C[C@H]1C(=O)O. The molecule has 0 unspecified atom stereocenters. The predicted octanol–water partition coefficient (Wildman–Crippen LogP) is 1.16. The van der Waals surface area contributed by atoms with Gasteiger partial charge in [-0.15, -0.1) is 0 Å². The minimum atomic E-state index is -1.22. The highest BCUT2D eigenvalue weighted by atomic mass is 32.2. The van der Waals surface area contributed by atoms with Crippen LogP contribution in [0.3, 0.4) is 0 Å². The number of benzene rings is 1. The summed E-state index contributed by atoms with van der Waals surface area (Å²) >= 11 is 1.01. The number of thioether (sulfide) groups is 1. The number of carbonyl (C=O) groups excluding carboxylic acids is 3. The molecule has 1 fully saturated rings. The molecule has 2 atom stereocenters. The van der Waals surface area contributed by atoms with Gasteiger partial charge in [0.2, 0.25) is 11.8 Å². The summed E-state index contributed by atoms with van der Waals surface area (Å²) in [5.41, 5.74) is 0.629. The second-order valence-corrected chi connectivity index (χ2v) is 6.60. The Morgan fingerprint density at radius 3 is 2.54 bits per heavy atom. The molecule has 0 aliphatic carbocycles. The molecule has 8 heteroatoms. The molecule has 7 nitrogen and oxygen atoms in total. The molecule has 1 aliphatic heterocycles. The van der Waals surface area contributed by atoms with Gasteiger partial charge in [0.05, 0.1) is 6.42 Å². The van der Waals surface area contributed by atoms with Crippen LogP contribution in [0.5, 0.6) is 0 Å². The van der Waals surface area contributed by atoms with Crippen molar-refractivity contribution in [3.8, 4) is 0 Å². The lowest BCUT2D eigenvalue weighted by Gasteiger charge is -2.40. The van der Waals surface area contributed by atoms with Crippen LogP contribution < -0.4 is 5.32 Å². The highest BCUT2D eigenvalue weighted by molar-refractivity contribution is 8.13. The largest absolute Gasteiger partial charge is 0.480 e. The quantitative estimate of drug-likeness (QED) is 0.826. The Kier molecular flexibility index (Phi) is 5.97. The zero-order chi connectivity index (χ0) is 17.7. The van der Waals surface area contributed by atoms with E-state index in [2.05, 4.69) is 5.32 Å². The topological polar surface area (TPSA) is 104 Å². The number of carboxylic acid groups (broad SMARTS) is 1. The first kappa shape index (κ1) is 18.0. The van der Waals surface area contributed by atoms with Gasteiger partial charge in [-0.2, -0.15) is 0 Å². The van der Waals surface area contributed by atoms with E-state index in [1.807, 2.05) is 0 Å². The van der Waals surface area contributed by atoms with E-state index in [0.29, 0.717) is 5.56 Å². The second-order valence-electron chi connectivity index (χ2n) is 5.33. The zero-order valence-corrected chi connectivity index (χ0v) is 13.9. The highest BCUT2D eigenvalue weighted by Gasteiger charge is 2.41. The molecule has 1 heterocycles. The Hall–Kier alpha value is -2.35. The van der Waals surface area contributed by atoms with Crippen LogP contribution in [0.1, 0.15) is 31.5 Å². The number of nitrogens with one attached hydrogen (secondary N) is 1. The lowest BCUT2D eigenvalue weighted by atomic mass is 10.0. The third-order valence-corrected chi connectivity index (χ3v) is 4.41. The van der Waals surface area contributed by atoms with Gasteiger partial charge >= 0.3 is 5.97 Å². The fourth-order valence-electron chi connectivity index (χ4n) is 2.55. The minimum absolute atomic E-state index is 0.0211. The van der Waals surface area contributed by atoms with Crippen molar-refractivity contribution in [3.05, 3.63) is 35.9 Å². The number of carbonyl (C=O) groups is 4. The van der Waals surface area contributed by atoms with Crippen LogP contribution in [0.2, 0.25) is 0 Å². The number of aliphatic carboxylic acids is 1. The third-order valence-electron chi connectivity index (χ3n) is 3.60. The van der Waals surface area contributed by atoms with E-state index in [4.69, 9.17) is 0 Å². The van der Waals surface area contributed by atoms with Gasteiger partial charge in [0, 0.05) is 19.1 Å². The van der Waals surface area contributed by atoms with Gasteiger partial charge in [-0.1, -0.05) is 42.1 Å². The van der Waals surface area contributed by atoms with E-state index in [9.17, 15) is 24.3 Å². The van der Waals surface area contributed by atoms with Crippen LogP contribution in [0, 0.1) is 0 Å². The lowest BCUT2D eigenvalue weighted by Crippen LogP contribution is -2.58. The minimum Gasteiger partial charge on any atom is -0.480 e. The normalized spacial score (nSPS) is 20.4. The van der Waals surface area contributed by atoms with Crippen molar-refractivity contribution >= 4 is 34.7 Å². The Morgan fingerprint density at radius 1 is 1.29 bits per heavy atom. The first-order valence-corrected chi connectivity index (χ1v) is 8.40. The van der Waals surface area contributed by atoms with Gasteiger partial charge in [-0.25, -0.2) is 4.79 Å². The molecule has 2 amide bonds. The molecule has 0 spiro atoms. The average molecular weight is 350 g/mol. The number of carboxylic acids is 1. The molecule has 2 N–H and O–H groups in total. The number of rotatable bonds is 5. The summed E-state index contributed by atoms with van der Waals surface area (Å²) in [7, 11) is 0. The maximum atomic E-state index is 12.6. The van der Waals surface area contributed by atoms with Gasteiger partial charge in [0.25, 0.3) is 0 Å². The molecule has 128 valence electrons. The summed E-state index contributed by atoms with van der Waals surface area (Å²) in [6.07, 6.45) is -1.10. The molecule has 0 aromatic heterocycles. The second kappa shape index (κ2) is 7.96. The smallest absolute Gasteiger partial charge is 0.327 e. The molecule has 1 saturated heterocycles. The number of nitrogens with zero attached hydrogens (tertiary/aromatic N) is 1. The van der Waals surface area contributed by atoms with Crippen molar-refractivity contribution in [1.82, 2.24) is 10.2 Å². The summed E-state index contributed by atoms with van der Waals surface area (Å²) in [5.74, 6) is -1.78. The van der Waals surface area contributed by atoms with Crippen LogP contribution >= 0.6 is 11.8 Å². The standard InChI is InChI=1S/C16H18N2O5S/c1-10(19)24-8-7-14(21)18-12(16(22)23)9-13(20)17-15(18)11-5-3-2-4-6-11/h2-6,12,15H,7-9H2,1H3,(H,17,20)(H,22,23)/t12-,15-/m0/s1. The van der Waals surface area contributed by atoms with E-state index in [1.54, 1.807) is 30.3 Å². The van der Waals surface area contributed by atoms with Gasteiger partial charge in [-0.3, -0.25) is 14.4 Å². The maximum Gasteiger partial charge on any atom is 0.327 e. The van der Waals surface area contributed by atoms with Gasteiger partial charge < -0.3 is 15.3 Å². The van der Waals surface area contributed by atoms with E-state index in [-0.39, 0.29) is 23.7 Å². The van der Waals surface area contributed by atoms with Crippen molar-refractivity contribution in [3.63, 3.8) is 0 Å². The van der Waals surface area contributed by atoms with Crippen LogP contribution in [-0.2, 0) is 19.2 Å². The molecule has 1 aromatic rings. The van der Waals surface area contributed by atoms with Gasteiger partial charge in [0.1, 0.15) is 12.2 Å². The molecule has 1 aromatic carbocycles. The molecule has 2 rings (SSSR count). The molecule has 0 radical (unpaired) electrons. The van der Waals surface area contributed by atoms with Crippen molar-refractivity contribution in [2.75, 3.05) is 5.75 Å². The molecule has 0 saturated carbocycles. The van der Waals surface area contributed by atoms with Crippen LogP contribution in [0.25, 0.3) is 0 Å². The summed E-state index contributed by atoms with van der Waals surface area (Å²) in [4.78, 5) is 48.2. The Morgan fingerprint density at radius 2 is 1.96 bits per heavy atom. The molecule has 0 bridgehead atoms. The number of hydrogen-bond donors (Lipinski definition) is 2. The van der Waals surface area contributed by atoms with Gasteiger partial charge in [0.15, 0.2) is 5.12 Å². The first-order chi connectivity index (χ1) is 11.4. The summed E-state index contributed by atoms with van der Waals surface area (Å²) < 4.78 is 0. The van der Waals surface area contributed by atoms with Crippen molar-refractivity contribution < 1.29 is 24.3 Å². The Balaban J connectivity index is 2.27. The van der Waals surface area contributed by atoms with E-state index < -0.39 is 30.0 Å². The van der Waals surface area contributed by atoms with Crippen molar-refractivity contribution in [2.24, 2.45) is 0 Å². The Bertz CT molecular complexity index is 649. The van der Waals surface area contributed by atoms with Crippen molar-refractivity contribution in [1.29, 1.82) is 0 Å². The van der Waals surface area contributed by atoms with E-state index in [1.165, 1.54) is 11.8 Å². The first-order valence-electron chi connectivity index (χ1n) is 7.41. The number of hydrogen-bond acceptors (Lipinski definition) is 5. The molecular formula is C16H18N2O5S. The summed E-state index contributed by atoms with van der Waals surface area (Å²) in [6, 6.07) is 7.51. The fraction of sp³-hybridized carbons (Fsp3) is 0.375.